The van der Waals surface area contributed by atoms with Gasteiger partial charge in [-0.15, -0.1) is 0 Å². The van der Waals surface area contributed by atoms with Gasteiger partial charge in [-0.25, -0.2) is 4.98 Å². The maximum atomic E-state index is 6.05. The molecule has 1 heterocycles. The molecule has 2 N–H and O–H groups in total. The fourth-order valence-corrected chi connectivity index (χ4v) is 2.12. The summed E-state index contributed by atoms with van der Waals surface area (Å²) in [5, 5.41) is 0. The molecule has 0 unspecified atom stereocenters. The van der Waals surface area contributed by atoms with Crippen molar-refractivity contribution >= 4 is 16.8 Å². The minimum absolute atomic E-state index is 0.420. The monoisotopic (exact) mass is 252 g/mol. The predicted molar refractivity (Wildman–Crippen MR) is 77.9 cm³/mol. The molecule has 0 spiro atoms. The van der Waals surface area contributed by atoms with Crippen LogP contribution in [0.4, 0.5) is 5.69 Å². The van der Waals surface area contributed by atoms with Gasteiger partial charge in [0.2, 0.25) is 5.89 Å². The van der Waals surface area contributed by atoms with Gasteiger partial charge in [0.25, 0.3) is 0 Å². The second kappa shape index (κ2) is 4.43. The minimum atomic E-state index is 0.420. The predicted octanol–water partition coefficient (Wildman–Crippen LogP) is 4.20. The van der Waals surface area contributed by atoms with E-state index in [1.807, 2.05) is 42.5 Å². The van der Waals surface area contributed by atoms with Crippen molar-refractivity contribution in [3.8, 4) is 11.5 Å². The van der Waals surface area contributed by atoms with Crippen molar-refractivity contribution in [2.45, 2.75) is 19.8 Å². The maximum Gasteiger partial charge on any atom is 0.227 e. The first-order chi connectivity index (χ1) is 9.15. The molecule has 0 saturated heterocycles. The number of nitrogens with zero attached hydrogens (tertiary/aromatic N) is 1. The summed E-state index contributed by atoms with van der Waals surface area (Å²) in [5.41, 5.74) is 10.3. The molecule has 3 rings (SSSR count). The highest BCUT2D eigenvalue weighted by Gasteiger charge is 2.12. The van der Waals surface area contributed by atoms with Crippen molar-refractivity contribution in [1.82, 2.24) is 4.98 Å². The molecule has 0 saturated carbocycles. The van der Waals surface area contributed by atoms with Crippen LogP contribution in [0.3, 0.4) is 0 Å². The van der Waals surface area contributed by atoms with Gasteiger partial charge < -0.3 is 10.2 Å². The van der Waals surface area contributed by atoms with Gasteiger partial charge in [0.05, 0.1) is 5.69 Å². The lowest BCUT2D eigenvalue weighted by molar-refractivity contribution is 0.621. The third-order valence-corrected chi connectivity index (χ3v) is 3.23. The molecule has 0 radical (unpaired) electrons. The van der Waals surface area contributed by atoms with E-state index in [2.05, 4.69) is 18.8 Å². The van der Waals surface area contributed by atoms with Crippen LogP contribution in [-0.4, -0.2) is 4.98 Å². The van der Waals surface area contributed by atoms with Crippen LogP contribution in [-0.2, 0) is 0 Å². The summed E-state index contributed by atoms with van der Waals surface area (Å²) in [6.07, 6.45) is 0. The lowest BCUT2D eigenvalue weighted by Crippen LogP contribution is -1.92. The fraction of sp³-hybridized carbons (Fsp3) is 0.188. The summed E-state index contributed by atoms with van der Waals surface area (Å²) in [4.78, 5) is 4.54. The average Bonchev–Trinajstić information content (AvgIpc) is 2.84. The number of aromatic nitrogens is 1. The van der Waals surface area contributed by atoms with Crippen LogP contribution in [0.1, 0.15) is 25.3 Å². The Hall–Kier alpha value is -2.29. The summed E-state index contributed by atoms with van der Waals surface area (Å²) >= 11 is 0. The highest BCUT2D eigenvalue weighted by molar-refractivity contribution is 5.87. The summed E-state index contributed by atoms with van der Waals surface area (Å²) in [6, 6.07) is 13.9. The van der Waals surface area contributed by atoms with E-state index in [9.17, 15) is 0 Å². The number of hydrogen-bond acceptors (Lipinski definition) is 3. The number of oxazole rings is 1. The molecule has 2 aromatic carbocycles. The number of fused-ring (bicyclic) bond motifs is 1. The Morgan fingerprint density at radius 3 is 2.53 bits per heavy atom. The summed E-state index contributed by atoms with van der Waals surface area (Å²) in [5.74, 6) is 1.03. The van der Waals surface area contributed by atoms with Crippen molar-refractivity contribution in [2.75, 3.05) is 5.73 Å². The molecule has 3 aromatic rings. The average molecular weight is 252 g/mol. The Morgan fingerprint density at radius 1 is 1.11 bits per heavy atom. The molecule has 0 bridgehead atoms. The number of nitrogen functional groups attached to an aromatic ring is 1. The molecule has 0 amide bonds. The SMILES string of the molecule is CC(C)c1cc(N)c2oc(-c3ccccc3)nc2c1. The van der Waals surface area contributed by atoms with Gasteiger partial charge in [-0.3, -0.25) is 0 Å². The molecule has 0 aliphatic carbocycles. The normalized spacial score (nSPS) is 11.3. The number of hydrogen-bond donors (Lipinski definition) is 1. The Bertz CT molecular complexity index is 714. The molecule has 1 aromatic heterocycles. The zero-order chi connectivity index (χ0) is 13.4. The van der Waals surface area contributed by atoms with Crippen LogP contribution < -0.4 is 5.73 Å². The van der Waals surface area contributed by atoms with E-state index in [1.165, 1.54) is 5.56 Å². The molecule has 0 aliphatic rings. The van der Waals surface area contributed by atoms with Gasteiger partial charge in [-0.2, -0.15) is 0 Å². The van der Waals surface area contributed by atoms with Gasteiger partial charge in [0.1, 0.15) is 5.52 Å². The zero-order valence-corrected chi connectivity index (χ0v) is 11.1. The maximum absolute atomic E-state index is 6.05. The van der Waals surface area contributed by atoms with Crippen LogP contribution >= 0.6 is 0 Å². The standard InChI is InChI=1S/C16H16N2O/c1-10(2)12-8-13(17)15-14(9-12)18-16(19-15)11-6-4-3-5-7-11/h3-10H,17H2,1-2H3. The highest BCUT2D eigenvalue weighted by atomic mass is 16.3. The Balaban J connectivity index is 2.18. The zero-order valence-electron chi connectivity index (χ0n) is 11.1. The smallest absolute Gasteiger partial charge is 0.227 e. The number of nitrogens with two attached hydrogens (primary N) is 1. The molecular formula is C16H16N2O. The summed E-state index contributed by atoms with van der Waals surface area (Å²) in [7, 11) is 0. The van der Waals surface area contributed by atoms with Gasteiger partial charge in [-0.05, 0) is 35.7 Å². The van der Waals surface area contributed by atoms with E-state index in [1.54, 1.807) is 0 Å². The van der Waals surface area contributed by atoms with Gasteiger partial charge >= 0.3 is 0 Å². The van der Waals surface area contributed by atoms with Gasteiger partial charge in [0.15, 0.2) is 5.58 Å². The Labute approximate surface area is 112 Å². The molecule has 3 heteroatoms. The van der Waals surface area contributed by atoms with E-state index in [-0.39, 0.29) is 0 Å². The van der Waals surface area contributed by atoms with Crippen molar-refractivity contribution in [2.24, 2.45) is 0 Å². The molecule has 96 valence electrons. The van der Waals surface area contributed by atoms with E-state index in [4.69, 9.17) is 10.2 Å². The Morgan fingerprint density at radius 2 is 1.84 bits per heavy atom. The number of rotatable bonds is 2. The van der Waals surface area contributed by atoms with E-state index in [0.29, 0.717) is 23.1 Å². The van der Waals surface area contributed by atoms with Crippen LogP contribution in [0.25, 0.3) is 22.6 Å². The van der Waals surface area contributed by atoms with Crippen molar-refractivity contribution < 1.29 is 4.42 Å². The molecule has 0 fully saturated rings. The van der Waals surface area contributed by atoms with Gasteiger partial charge in [0, 0.05) is 5.56 Å². The highest BCUT2D eigenvalue weighted by Crippen LogP contribution is 2.30. The van der Waals surface area contributed by atoms with Crippen molar-refractivity contribution in [3.05, 3.63) is 48.0 Å². The van der Waals surface area contributed by atoms with Crippen LogP contribution in [0.15, 0.2) is 46.9 Å². The van der Waals surface area contributed by atoms with Gasteiger partial charge in [-0.1, -0.05) is 32.0 Å². The van der Waals surface area contributed by atoms with Crippen LogP contribution in [0.5, 0.6) is 0 Å². The van der Waals surface area contributed by atoms with Crippen molar-refractivity contribution in [3.63, 3.8) is 0 Å². The molecule has 19 heavy (non-hydrogen) atoms. The summed E-state index contributed by atoms with van der Waals surface area (Å²) < 4.78 is 5.78. The molecular weight excluding hydrogens is 236 g/mol. The second-order valence-electron chi connectivity index (χ2n) is 5.00. The number of anilines is 1. The fourth-order valence-electron chi connectivity index (χ4n) is 2.12. The minimum Gasteiger partial charge on any atom is -0.434 e. The van der Waals surface area contributed by atoms with E-state index in [0.717, 1.165) is 11.1 Å². The van der Waals surface area contributed by atoms with Crippen LogP contribution in [0.2, 0.25) is 0 Å². The molecule has 0 aliphatic heterocycles. The van der Waals surface area contributed by atoms with Crippen LogP contribution in [0, 0.1) is 0 Å². The quantitative estimate of drug-likeness (QED) is 0.695. The lowest BCUT2D eigenvalue weighted by atomic mass is 10.0. The largest absolute Gasteiger partial charge is 0.434 e. The number of benzene rings is 2. The first-order valence-electron chi connectivity index (χ1n) is 6.40. The van der Waals surface area contributed by atoms with E-state index < -0.39 is 0 Å². The van der Waals surface area contributed by atoms with Crippen molar-refractivity contribution in [1.29, 1.82) is 0 Å². The third-order valence-electron chi connectivity index (χ3n) is 3.23. The molecule has 3 nitrogen and oxygen atoms in total. The second-order valence-corrected chi connectivity index (χ2v) is 5.00. The van der Waals surface area contributed by atoms with E-state index >= 15 is 0 Å². The first-order valence-corrected chi connectivity index (χ1v) is 6.40. The third kappa shape index (κ3) is 2.08. The topological polar surface area (TPSA) is 52.0 Å². The summed E-state index contributed by atoms with van der Waals surface area (Å²) in [6.45, 7) is 4.28. The molecule has 0 atom stereocenters. The Kier molecular flexibility index (Phi) is 2.75. The first kappa shape index (κ1) is 11.8. The lowest BCUT2D eigenvalue weighted by Gasteiger charge is -2.05.